The molecule has 8 nitrogen and oxygen atoms in total. The summed E-state index contributed by atoms with van der Waals surface area (Å²) in [7, 11) is 3.24. The Bertz CT molecular complexity index is 941. The van der Waals surface area contributed by atoms with Crippen LogP contribution < -0.4 is 15.5 Å². The molecule has 3 amide bonds. The maximum absolute atomic E-state index is 13.4. The highest BCUT2D eigenvalue weighted by molar-refractivity contribution is 8.00. The quantitative estimate of drug-likeness (QED) is 0.457. The number of nitrogens with zero attached hydrogens (tertiary/aromatic N) is 1. The van der Waals surface area contributed by atoms with E-state index < -0.39 is 34.5 Å². The molecular formula is C25H37N3O5S. The van der Waals surface area contributed by atoms with E-state index in [0.29, 0.717) is 19.3 Å². The third-order valence-electron chi connectivity index (χ3n) is 5.99. The Kier molecular flexibility index (Phi) is 9.16. The molecule has 188 valence electrons. The van der Waals surface area contributed by atoms with Gasteiger partial charge in [-0.2, -0.15) is 0 Å². The molecule has 34 heavy (non-hydrogen) atoms. The van der Waals surface area contributed by atoms with E-state index in [9.17, 15) is 24.3 Å². The van der Waals surface area contributed by atoms with Crippen molar-refractivity contribution in [1.29, 1.82) is 0 Å². The SMILES string of the molecule is CNC(=O)[C@@H](NC(=O)[C@H](CC(C)C)[C@H](Sc1ccc2c(c1)CCC(=O)N2C)C(=O)O)C(C)(C)C. The van der Waals surface area contributed by atoms with Crippen LogP contribution in [0.3, 0.4) is 0 Å². The first-order valence-corrected chi connectivity index (χ1v) is 12.4. The summed E-state index contributed by atoms with van der Waals surface area (Å²) in [5.74, 6) is -2.55. The molecule has 0 bridgehead atoms. The average molecular weight is 492 g/mol. The minimum absolute atomic E-state index is 0.0505. The third-order valence-corrected chi connectivity index (χ3v) is 7.30. The number of carbonyl (C=O) groups excluding carboxylic acids is 3. The Morgan fingerprint density at radius 1 is 1.15 bits per heavy atom. The van der Waals surface area contributed by atoms with Gasteiger partial charge in [0.1, 0.15) is 11.3 Å². The van der Waals surface area contributed by atoms with Gasteiger partial charge in [-0.1, -0.05) is 34.6 Å². The molecule has 0 saturated carbocycles. The van der Waals surface area contributed by atoms with Crippen LogP contribution in [0.5, 0.6) is 0 Å². The van der Waals surface area contributed by atoms with Gasteiger partial charge in [-0.15, -0.1) is 11.8 Å². The molecular weight excluding hydrogens is 454 g/mol. The lowest BCUT2D eigenvalue weighted by Crippen LogP contribution is -2.55. The molecule has 0 spiro atoms. The van der Waals surface area contributed by atoms with E-state index in [0.717, 1.165) is 27.9 Å². The van der Waals surface area contributed by atoms with Crippen molar-refractivity contribution in [3.8, 4) is 0 Å². The third kappa shape index (κ3) is 6.74. The Labute approximate surface area is 206 Å². The minimum atomic E-state index is -1.08. The van der Waals surface area contributed by atoms with Crippen molar-refractivity contribution < 1.29 is 24.3 Å². The molecule has 0 radical (unpaired) electrons. The van der Waals surface area contributed by atoms with Gasteiger partial charge in [0.15, 0.2) is 0 Å². The fourth-order valence-corrected chi connectivity index (χ4v) is 5.25. The van der Waals surface area contributed by atoms with Crippen LogP contribution in [0.4, 0.5) is 5.69 Å². The average Bonchev–Trinajstić information content (AvgIpc) is 2.75. The van der Waals surface area contributed by atoms with Gasteiger partial charge in [0.05, 0.1) is 5.92 Å². The number of carbonyl (C=O) groups is 4. The van der Waals surface area contributed by atoms with Gasteiger partial charge in [0.25, 0.3) is 0 Å². The van der Waals surface area contributed by atoms with Crippen molar-refractivity contribution in [2.45, 2.75) is 70.1 Å². The summed E-state index contributed by atoms with van der Waals surface area (Å²) < 4.78 is 0. The van der Waals surface area contributed by atoms with Gasteiger partial charge in [0.2, 0.25) is 17.7 Å². The molecule has 1 aromatic carbocycles. The summed E-state index contributed by atoms with van der Waals surface area (Å²) >= 11 is 1.13. The predicted octanol–water partition coefficient (Wildman–Crippen LogP) is 3.08. The van der Waals surface area contributed by atoms with E-state index in [1.54, 1.807) is 18.0 Å². The van der Waals surface area contributed by atoms with Crippen molar-refractivity contribution in [1.82, 2.24) is 10.6 Å². The van der Waals surface area contributed by atoms with Crippen LogP contribution in [-0.4, -0.2) is 54.2 Å². The van der Waals surface area contributed by atoms with Gasteiger partial charge < -0.3 is 20.6 Å². The zero-order chi connectivity index (χ0) is 25.8. The Hall–Kier alpha value is -2.55. The Morgan fingerprint density at radius 2 is 1.79 bits per heavy atom. The largest absolute Gasteiger partial charge is 0.480 e. The number of aliphatic carboxylic acids is 1. The first-order chi connectivity index (χ1) is 15.8. The molecule has 3 N–H and O–H groups in total. The van der Waals surface area contributed by atoms with Crippen molar-refractivity contribution >= 4 is 41.1 Å². The van der Waals surface area contributed by atoms with E-state index in [2.05, 4.69) is 10.6 Å². The van der Waals surface area contributed by atoms with Crippen LogP contribution in [0, 0.1) is 17.3 Å². The molecule has 3 atom stereocenters. The van der Waals surface area contributed by atoms with E-state index in [1.165, 1.54) is 7.05 Å². The number of fused-ring (bicyclic) bond motifs is 1. The molecule has 0 saturated heterocycles. The van der Waals surface area contributed by atoms with Crippen LogP contribution in [0.1, 0.15) is 53.0 Å². The highest BCUT2D eigenvalue weighted by Crippen LogP contribution is 2.36. The second-order valence-electron chi connectivity index (χ2n) is 10.3. The molecule has 0 unspecified atom stereocenters. The minimum Gasteiger partial charge on any atom is -0.480 e. The van der Waals surface area contributed by atoms with Crippen LogP contribution in [0.25, 0.3) is 0 Å². The predicted molar refractivity (Wildman–Crippen MR) is 134 cm³/mol. The topological polar surface area (TPSA) is 116 Å². The molecule has 1 aromatic rings. The molecule has 0 aromatic heterocycles. The lowest BCUT2D eigenvalue weighted by Gasteiger charge is -2.33. The second-order valence-corrected chi connectivity index (χ2v) is 11.5. The molecule has 0 fully saturated rings. The second kappa shape index (κ2) is 11.3. The number of hydrogen-bond donors (Lipinski definition) is 3. The van der Waals surface area contributed by atoms with E-state index in [1.807, 2.05) is 46.8 Å². The van der Waals surface area contributed by atoms with Gasteiger partial charge in [-0.05, 0) is 47.9 Å². The number of carboxylic acid groups (broad SMARTS) is 1. The fourth-order valence-electron chi connectivity index (χ4n) is 4.10. The van der Waals surface area contributed by atoms with Gasteiger partial charge in [0, 0.05) is 31.1 Å². The van der Waals surface area contributed by atoms with E-state index in [-0.39, 0.29) is 17.7 Å². The zero-order valence-corrected chi connectivity index (χ0v) is 21.9. The number of aryl methyl sites for hydroxylation is 1. The van der Waals surface area contributed by atoms with Crippen molar-refractivity contribution in [2.75, 3.05) is 19.0 Å². The standard InChI is InChI=1S/C25H37N3O5S/c1-14(2)12-17(22(30)27-21(23(31)26-6)25(3,4)5)20(24(32)33)34-16-9-10-18-15(13-16)8-11-19(29)28(18)7/h9-10,13-14,17,20-21H,8,11-12H2,1-7H3,(H,26,31)(H,27,30)(H,32,33)/t17-,20+,21-/m1/s1. The monoisotopic (exact) mass is 491 g/mol. The number of nitrogens with one attached hydrogen (secondary N) is 2. The normalized spacial score (nSPS) is 16.5. The van der Waals surface area contributed by atoms with E-state index >= 15 is 0 Å². The Morgan fingerprint density at radius 3 is 2.32 bits per heavy atom. The number of thioether (sulfide) groups is 1. The van der Waals surface area contributed by atoms with Gasteiger partial charge in [-0.25, -0.2) is 0 Å². The van der Waals surface area contributed by atoms with Crippen LogP contribution in [-0.2, 0) is 25.6 Å². The highest BCUT2D eigenvalue weighted by atomic mass is 32.2. The fraction of sp³-hybridized carbons (Fsp3) is 0.600. The number of carboxylic acids is 1. The lowest BCUT2D eigenvalue weighted by molar-refractivity contribution is -0.141. The summed E-state index contributed by atoms with van der Waals surface area (Å²) in [6, 6.07) is 4.73. The number of likely N-dealkylation sites (N-methyl/N-ethyl adjacent to an activating group) is 1. The summed E-state index contributed by atoms with van der Waals surface area (Å²) in [6.45, 7) is 9.43. The number of hydrogen-bond acceptors (Lipinski definition) is 5. The molecule has 1 aliphatic heterocycles. The van der Waals surface area contributed by atoms with Gasteiger partial charge in [-0.3, -0.25) is 19.2 Å². The number of benzene rings is 1. The van der Waals surface area contributed by atoms with Crippen LogP contribution >= 0.6 is 11.8 Å². The molecule has 9 heteroatoms. The Balaban J connectivity index is 2.35. The van der Waals surface area contributed by atoms with E-state index in [4.69, 9.17) is 0 Å². The maximum atomic E-state index is 13.4. The smallest absolute Gasteiger partial charge is 0.317 e. The molecule has 0 aliphatic carbocycles. The number of amides is 3. The first kappa shape index (κ1) is 27.7. The number of anilines is 1. The lowest BCUT2D eigenvalue weighted by atomic mass is 9.85. The summed E-state index contributed by atoms with van der Waals surface area (Å²) in [5.41, 5.74) is 1.25. The van der Waals surface area contributed by atoms with Crippen molar-refractivity contribution in [3.63, 3.8) is 0 Å². The summed E-state index contributed by atoms with van der Waals surface area (Å²) in [6.07, 6.45) is 1.37. The highest BCUT2D eigenvalue weighted by Gasteiger charge is 2.39. The first-order valence-electron chi connectivity index (χ1n) is 11.6. The molecule has 1 heterocycles. The van der Waals surface area contributed by atoms with Crippen LogP contribution in [0.2, 0.25) is 0 Å². The maximum Gasteiger partial charge on any atom is 0.317 e. The summed E-state index contributed by atoms with van der Waals surface area (Å²) in [5, 5.41) is 14.5. The van der Waals surface area contributed by atoms with Crippen molar-refractivity contribution in [3.05, 3.63) is 23.8 Å². The number of rotatable bonds is 9. The molecule has 1 aliphatic rings. The zero-order valence-electron chi connectivity index (χ0n) is 21.1. The van der Waals surface area contributed by atoms with Gasteiger partial charge >= 0.3 is 5.97 Å². The van der Waals surface area contributed by atoms with Crippen molar-refractivity contribution in [2.24, 2.45) is 17.3 Å². The van der Waals surface area contributed by atoms with Crippen LogP contribution in [0.15, 0.2) is 23.1 Å². The summed E-state index contributed by atoms with van der Waals surface area (Å²) in [4.78, 5) is 52.5. The molecule has 2 rings (SSSR count).